The van der Waals surface area contributed by atoms with E-state index in [-0.39, 0.29) is 43.7 Å². The Hall–Kier alpha value is -2.56. The quantitative estimate of drug-likeness (QED) is 0.351. The number of nitrogens with two attached hydrogens (primary N) is 1. The molecule has 1 unspecified atom stereocenters. The molecule has 160 valence electrons. The van der Waals surface area contributed by atoms with Gasteiger partial charge in [0, 0.05) is 44.4 Å². The SMILES string of the molecule is C=C1CN(C(=O)CC(N)Cc2cc(F)c(F)cc2F)CCN1/C(=N\C)C(F)(F)F. The highest BCUT2D eigenvalue weighted by Crippen LogP contribution is 2.25. The average Bonchev–Trinajstić information content (AvgIpc) is 2.60. The fourth-order valence-corrected chi connectivity index (χ4v) is 3.06. The Balaban J connectivity index is 1.97. The van der Waals surface area contributed by atoms with Crippen molar-refractivity contribution in [1.82, 2.24) is 9.80 Å². The highest BCUT2D eigenvalue weighted by atomic mass is 19.4. The number of alkyl halides is 3. The largest absolute Gasteiger partial charge is 0.449 e. The number of piperazine rings is 1. The van der Waals surface area contributed by atoms with Crippen LogP contribution in [0.1, 0.15) is 12.0 Å². The molecule has 0 spiro atoms. The second-order valence-electron chi connectivity index (χ2n) is 6.60. The molecular formula is C18H20F6N4O. The van der Waals surface area contributed by atoms with Gasteiger partial charge in [0.05, 0.1) is 6.54 Å². The Morgan fingerprint density at radius 2 is 1.83 bits per heavy atom. The molecule has 2 N–H and O–H groups in total. The topological polar surface area (TPSA) is 61.9 Å². The first kappa shape index (κ1) is 22.7. The molecule has 1 aliphatic rings. The van der Waals surface area contributed by atoms with Crippen LogP contribution in [0.2, 0.25) is 0 Å². The van der Waals surface area contributed by atoms with Crippen molar-refractivity contribution in [1.29, 1.82) is 0 Å². The second-order valence-corrected chi connectivity index (χ2v) is 6.60. The van der Waals surface area contributed by atoms with E-state index in [1.807, 2.05) is 0 Å². The molecule has 1 heterocycles. The smallest absolute Gasteiger partial charge is 0.335 e. The third-order valence-electron chi connectivity index (χ3n) is 4.43. The number of nitrogens with zero attached hydrogens (tertiary/aromatic N) is 3. The minimum Gasteiger partial charge on any atom is -0.335 e. The predicted octanol–water partition coefficient (Wildman–Crippen LogP) is 2.61. The lowest BCUT2D eigenvalue weighted by atomic mass is 10.0. The zero-order valence-corrected chi connectivity index (χ0v) is 15.6. The third kappa shape index (κ3) is 5.49. The van der Waals surface area contributed by atoms with Crippen LogP contribution in [-0.4, -0.2) is 60.4 Å². The Morgan fingerprint density at radius 3 is 2.38 bits per heavy atom. The molecule has 0 saturated carbocycles. The van der Waals surface area contributed by atoms with Gasteiger partial charge in [0.2, 0.25) is 11.7 Å². The molecule has 0 bridgehead atoms. The Morgan fingerprint density at radius 1 is 1.21 bits per heavy atom. The van der Waals surface area contributed by atoms with Crippen molar-refractivity contribution in [2.45, 2.75) is 25.1 Å². The van der Waals surface area contributed by atoms with E-state index in [9.17, 15) is 31.1 Å². The van der Waals surface area contributed by atoms with E-state index in [2.05, 4.69) is 11.6 Å². The predicted molar refractivity (Wildman–Crippen MR) is 94.5 cm³/mol. The van der Waals surface area contributed by atoms with Gasteiger partial charge in [0.25, 0.3) is 0 Å². The van der Waals surface area contributed by atoms with E-state index in [1.54, 1.807) is 0 Å². The van der Waals surface area contributed by atoms with Crippen LogP contribution < -0.4 is 5.73 Å². The molecule has 1 fully saturated rings. The van der Waals surface area contributed by atoms with E-state index in [1.165, 1.54) is 4.90 Å². The van der Waals surface area contributed by atoms with Crippen LogP contribution in [-0.2, 0) is 11.2 Å². The minimum absolute atomic E-state index is 0.0147. The van der Waals surface area contributed by atoms with Crippen molar-refractivity contribution in [3.63, 3.8) is 0 Å². The van der Waals surface area contributed by atoms with Crippen molar-refractivity contribution in [2.24, 2.45) is 10.7 Å². The third-order valence-corrected chi connectivity index (χ3v) is 4.43. The minimum atomic E-state index is -4.65. The summed E-state index contributed by atoms with van der Waals surface area (Å²) in [6, 6.07) is 0.185. The molecule has 0 radical (unpaired) electrons. The summed E-state index contributed by atoms with van der Waals surface area (Å²) >= 11 is 0. The first-order valence-corrected chi connectivity index (χ1v) is 8.60. The number of rotatable bonds is 4. The van der Waals surface area contributed by atoms with Crippen LogP contribution in [0.15, 0.2) is 29.4 Å². The van der Waals surface area contributed by atoms with Crippen LogP contribution >= 0.6 is 0 Å². The molecule has 1 aliphatic heterocycles. The highest BCUT2D eigenvalue weighted by molar-refractivity contribution is 5.89. The van der Waals surface area contributed by atoms with Crippen molar-refractivity contribution in [2.75, 3.05) is 26.7 Å². The Bertz CT molecular complexity index is 823. The van der Waals surface area contributed by atoms with Gasteiger partial charge in [-0.3, -0.25) is 9.79 Å². The highest BCUT2D eigenvalue weighted by Gasteiger charge is 2.41. The molecule has 1 aromatic rings. The molecule has 1 atom stereocenters. The molecular weight excluding hydrogens is 402 g/mol. The van der Waals surface area contributed by atoms with E-state index >= 15 is 0 Å². The van der Waals surface area contributed by atoms with Gasteiger partial charge < -0.3 is 15.5 Å². The lowest BCUT2D eigenvalue weighted by molar-refractivity contribution is -0.132. The fraction of sp³-hybridized carbons (Fsp3) is 0.444. The van der Waals surface area contributed by atoms with E-state index in [0.717, 1.165) is 11.9 Å². The number of halogens is 6. The molecule has 1 aromatic carbocycles. The monoisotopic (exact) mass is 422 g/mol. The number of carbonyl (C=O) groups excluding carboxylic acids is 1. The van der Waals surface area contributed by atoms with Crippen LogP contribution in [0.3, 0.4) is 0 Å². The molecule has 11 heteroatoms. The van der Waals surface area contributed by atoms with Gasteiger partial charge in [-0.1, -0.05) is 6.58 Å². The number of benzene rings is 1. The molecule has 29 heavy (non-hydrogen) atoms. The van der Waals surface area contributed by atoms with Crippen LogP contribution in [0, 0.1) is 17.5 Å². The summed E-state index contributed by atoms with van der Waals surface area (Å²) in [5, 5.41) is 0. The van der Waals surface area contributed by atoms with Crippen molar-refractivity contribution >= 4 is 11.7 Å². The summed E-state index contributed by atoms with van der Waals surface area (Å²) in [4.78, 5) is 17.8. The molecule has 2 rings (SSSR count). The standard InChI is InChI=1S/C18H20F6N4O/c1-10-9-27(3-4-28(10)17(26-2)18(22,23)24)16(29)7-12(25)5-11-6-14(20)15(21)8-13(11)19/h6,8,12H,1,3-5,7,9,25H2,2H3/b26-17-. The van der Waals surface area contributed by atoms with Gasteiger partial charge in [-0.25, -0.2) is 13.2 Å². The van der Waals surface area contributed by atoms with Gasteiger partial charge in [0.15, 0.2) is 11.6 Å². The zero-order chi connectivity index (χ0) is 21.9. The van der Waals surface area contributed by atoms with Gasteiger partial charge in [0.1, 0.15) is 5.82 Å². The summed E-state index contributed by atoms with van der Waals surface area (Å²) in [6.07, 6.45) is -5.11. The van der Waals surface area contributed by atoms with Gasteiger partial charge in [-0.05, 0) is 18.1 Å². The van der Waals surface area contributed by atoms with Gasteiger partial charge in [-0.2, -0.15) is 13.2 Å². The lowest BCUT2D eigenvalue weighted by Gasteiger charge is -2.38. The van der Waals surface area contributed by atoms with Gasteiger partial charge in [-0.15, -0.1) is 0 Å². The molecule has 1 saturated heterocycles. The maximum Gasteiger partial charge on any atom is 0.449 e. The normalized spacial score (nSPS) is 17.0. The van der Waals surface area contributed by atoms with Crippen LogP contribution in [0.5, 0.6) is 0 Å². The maximum absolute atomic E-state index is 13.7. The first-order chi connectivity index (χ1) is 13.4. The fourth-order valence-electron chi connectivity index (χ4n) is 3.06. The maximum atomic E-state index is 13.7. The molecule has 0 aliphatic carbocycles. The Kier molecular flexibility index (Phi) is 6.93. The number of hydrogen-bond acceptors (Lipinski definition) is 3. The van der Waals surface area contributed by atoms with E-state index < -0.39 is 41.4 Å². The van der Waals surface area contributed by atoms with E-state index in [0.29, 0.717) is 12.1 Å². The molecule has 1 amide bonds. The zero-order valence-electron chi connectivity index (χ0n) is 15.6. The average molecular weight is 422 g/mol. The van der Waals surface area contributed by atoms with Crippen molar-refractivity contribution < 1.29 is 31.1 Å². The van der Waals surface area contributed by atoms with Crippen molar-refractivity contribution in [3.8, 4) is 0 Å². The lowest BCUT2D eigenvalue weighted by Crippen LogP contribution is -2.52. The Labute approximate surface area is 163 Å². The van der Waals surface area contributed by atoms with Crippen molar-refractivity contribution in [3.05, 3.63) is 47.4 Å². The summed E-state index contributed by atoms with van der Waals surface area (Å²) in [5.74, 6) is -5.11. The first-order valence-electron chi connectivity index (χ1n) is 8.60. The number of carbonyl (C=O) groups is 1. The van der Waals surface area contributed by atoms with Crippen LogP contribution in [0.25, 0.3) is 0 Å². The summed E-state index contributed by atoms with van der Waals surface area (Å²) < 4.78 is 79.0. The van der Waals surface area contributed by atoms with Gasteiger partial charge >= 0.3 is 6.18 Å². The number of amides is 1. The summed E-state index contributed by atoms with van der Waals surface area (Å²) in [7, 11) is 1.02. The summed E-state index contributed by atoms with van der Waals surface area (Å²) in [6.45, 7) is 3.26. The number of amidine groups is 1. The summed E-state index contributed by atoms with van der Waals surface area (Å²) in [5.41, 5.74) is 5.70. The number of aliphatic imine (C=N–C) groups is 1. The van der Waals surface area contributed by atoms with E-state index in [4.69, 9.17) is 5.73 Å². The molecule has 0 aromatic heterocycles. The van der Waals surface area contributed by atoms with Crippen LogP contribution in [0.4, 0.5) is 26.3 Å². The molecule has 5 nitrogen and oxygen atoms in total. The number of hydrogen-bond donors (Lipinski definition) is 1. The second kappa shape index (κ2) is 8.85.